The minimum absolute atomic E-state index is 0.156. The summed E-state index contributed by atoms with van der Waals surface area (Å²) in [6, 6.07) is -1.13. The zero-order chi connectivity index (χ0) is 14.6. The van der Waals surface area contributed by atoms with E-state index in [9.17, 15) is 14.4 Å². The van der Waals surface area contributed by atoms with Gasteiger partial charge in [0.25, 0.3) is 0 Å². The van der Waals surface area contributed by atoms with E-state index in [2.05, 4.69) is 10.6 Å². The van der Waals surface area contributed by atoms with Crippen molar-refractivity contribution in [1.82, 2.24) is 10.6 Å². The Hall–Kier alpha value is -1.79. The lowest BCUT2D eigenvalue weighted by molar-refractivity contribution is -0.141. The number of aliphatic carboxylic acids is 1. The molecule has 0 unspecified atom stereocenters. The molecule has 108 valence electrons. The lowest BCUT2D eigenvalue weighted by Crippen LogP contribution is -2.46. The maximum Gasteiger partial charge on any atom is 0.408 e. The van der Waals surface area contributed by atoms with Crippen LogP contribution in [0.5, 0.6) is 0 Å². The summed E-state index contributed by atoms with van der Waals surface area (Å²) in [5, 5.41) is 13.8. The van der Waals surface area contributed by atoms with Gasteiger partial charge in [0.05, 0.1) is 6.42 Å². The summed E-state index contributed by atoms with van der Waals surface area (Å²) in [5.74, 6) is -1.65. The van der Waals surface area contributed by atoms with Gasteiger partial charge in [-0.15, -0.1) is 0 Å². The molecule has 0 aliphatic heterocycles. The lowest BCUT2D eigenvalue weighted by Gasteiger charge is -2.21. The molecule has 0 spiro atoms. The predicted molar refractivity (Wildman–Crippen MR) is 66.6 cm³/mol. The molecule has 19 heavy (non-hydrogen) atoms. The van der Waals surface area contributed by atoms with Gasteiger partial charge >= 0.3 is 12.1 Å². The number of carbonyl (C=O) groups is 3. The molecule has 2 amide bonds. The molecule has 7 nitrogen and oxygen atoms in total. The molecule has 1 fully saturated rings. The molecule has 3 N–H and O–H groups in total. The van der Waals surface area contributed by atoms with Gasteiger partial charge in [-0.3, -0.25) is 4.79 Å². The van der Waals surface area contributed by atoms with Crippen LogP contribution in [0, 0.1) is 0 Å². The maximum absolute atomic E-state index is 11.5. The Morgan fingerprint density at radius 3 is 2.32 bits per heavy atom. The second-order valence-corrected chi connectivity index (χ2v) is 5.58. The topological polar surface area (TPSA) is 105 Å². The summed E-state index contributed by atoms with van der Waals surface area (Å²) in [4.78, 5) is 34.0. The van der Waals surface area contributed by atoms with E-state index in [1.165, 1.54) is 0 Å². The molecule has 0 heterocycles. The number of nitrogens with one attached hydrogen (secondary N) is 2. The predicted octanol–water partition coefficient (Wildman–Crippen LogP) is 0.633. The largest absolute Gasteiger partial charge is 0.480 e. The summed E-state index contributed by atoms with van der Waals surface area (Å²) in [7, 11) is 0. The Morgan fingerprint density at radius 2 is 1.89 bits per heavy atom. The molecular weight excluding hydrogens is 252 g/mol. The first-order valence-corrected chi connectivity index (χ1v) is 6.19. The van der Waals surface area contributed by atoms with Crippen LogP contribution in [0.25, 0.3) is 0 Å². The van der Waals surface area contributed by atoms with Gasteiger partial charge < -0.3 is 20.5 Å². The van der Waals surface area contributed by atoms with Crippen molar-refractivity contribution in [1.29, 1.82) is 0 Å². The van der Waals surface area contributed by atoms with E-state index in [-0.39, 0.29) is 18.4 Å². The quantitative estimate of drug-likeness (QED) is 0.681. The van der Waals surface area contributed by atoms with Crippen LogP contribution in [0.3, 0.4) is 0 Å². The standard InChI is InChI=1S/C12H20N2O5/c1-12(2,3)19-11(18)14-8(10(16)17)6-9(15)13-7-4-5-7/h7-8H,4-6H2,1-3H3,(H,13,15)(H,14,18)(H,16,17)/t8-/m0/s1. The molecule has 1 aliphatic rings. The summed E-state index contributed by atoms with van der Waals surface area (Å²) < 4.78 is 4.95. The third-order valence-electron chi connectivity index (χ3n) is 2.32. The van der Waals surface area contributed by atoms with Gasteiger partial charge in [-0.25, -0.2) is 9.59 Å². The molecule has 0 bridgehead atoms. The maximum atomic E-state index is 11.5. The van der Waals surface area contributed by atoms with Gasteiger partial charge in [0.1, 0.15) is 11.6 Å². The average Bonchev–Trinajstić information content (AvgIpc) is 2.97. The summed E-state index contributed by atoms with van der Waals surface area (Å²) >= 11 is 0. The zero-order valence-corrected chi connectivity index (χ0v) is 11.4. The summed E-state index contributed by atoms with van der Waals surface area (Å²) in [6.45, 7) is 5.01. The number of amides is 2. The first-order chi connectivity index (χ1) is 8.67. The molecule has 0 saturated heterocycles. The smallest absolute Gasteiger partial charge is 0.408 e. The van der Waals surface area contributed by atoms with Crippen LogP contribution in [0.4, 0.5) is 4.79 Å². The number of hydrogen-bond donors (Lipinski definition) is 3. The van der Waals surface area contributed by atoms with Gasteiger partial charge in [0.15, 0.2) is 0 Å². The molecule has 0 aromatic carbocycles. The van der Waals surface area contributed by atoms with Gasteiger partial charge in [-0.1, -0.05) is 0 Å². The van der Waals surface area contributed by atoms with Crippen LogP contribution in [-0.2, 0) is 14.3 Å². The molecule has 1 saturated carbocycles. The van der Waals surface area contributed by atoms with Crippen molar-refractivity contribution in [3.63, 3.8) is 0 Å². The molecule has 0 aromatic heterocycles. The number of alkyl carbamates (subject to hydrolysis) is 1. The van der Waals surface area contributed by atoms with Crippen molar-refractivity contribution in [3.8, 4) is 0 Å². The van der Waals surface area contributed by atoms with E-state index in [4.69, 9.17) is 9.84 Å². The van der Waals surface area contributed by atoms with Gasteiger partial charge in [0.2, 0.25) is 5.91 Å². The van der Waals surface area contributed by atoms with Crippen LogP contribution in [0.2, 0.25) is 0 Å². The van der Waals surface area contributed by atoms with Crippen LogP contribution in [0.1, 0.15) is 40.0 Å². The number of hydrogen-bond acceptors (Lipinski definition) is 4. The Labute approximate surface area is 111 Å². The van der Waals surface area contributed by atoms with E-state index in [1.807, 2.05) is 0 Å². The van der Waals surface area contributed by atoms with Crippen molar-refractivity contribution in [2.24, 2.45) is 0 Å². The van der Waals surface area contributed by atoms with Crippen LogP contribution < -0.4 is 10.6 Å². The number of carboxylic acids is 1. The van der Waals surface area contributed by atoms with E-state index in [1.54, 1.807) is 20.8 Å². The normalized spacial score (nSPS) is 16.4. The van der Waals surface area contributed by atoms with Crippen molar-refractivity contribution in [2.45, 2.75) is 57.7 Å². The van der Waals surface area contributed by atoms with Crippen molar-refractivity contribution < 1.29 is 24.2 Å². The highest BCUT2D eigenvalue weighted by atomic mass is 16.6. The van der Waals surface area contributed by atoms with E-state index < -0.39 is 23.7 Å². The second-order valence-electron chi connectivity index (χ2n) is 5.58. The highest BCUT2D eigenvalue weighted by Crippen LogP contribution is 2.18. The highest BCUT2D eigenvalue weighted by molar-refractivity contribution is 5.87. The summed E-state index contributed by atoms with van der Waals surface area (Å²) in [5.41, 5.74) is -0.719. The zero-order valence-electron chi connectivity index (χ0n) is 11.4. The fraction of sp³-hybridized carbons (Fsp3) is 0.750. The molecule has 1 atom stereocenters. The first kappa shape index (κ1) is 15.3. The highest BCUT2D eigenvalue weighted by Gasteiger charge is 2.29. The lowest BCUT2D eigenvalue weighted by atomic mass is 10.2. The SMILES string of the molecule is CC(C)(C)OC(=O)N[C@@H](CC(=O)NC1CC1)C(=O)O. The molecule has 0 aromatic rings. The van der Waals surface area contributed by atoms with Gasteiger partial charge in [-0.2, -0.15) is 0 Å². The molecule has 1 aliphatic carbocycles. The van der Waals surface area contributed by atoms with Crippen molar-refractivity contribution in [3.05, 3.63) is 0 Å². The molecule has 1 rings (SSSR count). The van der Waals surface area contributed by atoms with Crippen LogP contribution in [0.15, 0.2) is 0 Å². The van der Waals surface area contributed by atoms with Gasteiger partial charge in [-0.05, 0) is 33.6 Å². The van der Waals surface area contributed by atoms with Crippen molar-refractivity contribution in [2.75, 3.05) is 0 Å². The minimum atomic E-state index is -1.28. The van der Waals surface area contributed by atoms with E-state index in [0.29, 0.717) is 0 Å². The Morgan fingerprint density at radius 1 is 1.32 bits per heavy atom. The molecule has 7 heteroatoms. The second kappa shape index (κ2) is 5.90. The van der Waals surface area contributed by atoms with Crippen LogP contribution in [-0.4, -0.2) is 40.8 Å². The monoisotopic (exact) mass is 272 g/mol. The first-order valence-electron chi connectivity index (χ1n) is 6.19. The Bertz CT molecular complexity index is 371. The third kappa shape index (κ3) is 6.64. The third-order valence-corrected chi connectivity index (χ3v) is 2.32. The van der Waals surface area contributed by atoms with Crippen molar-refractivity contribution >= 4 is 18.0 Å². The minimum Gasteiger partial charge on any atom is -0.480 e. The molecule has 0 radical (unpaired) electrons. The Kier molecular flexibility index (Phi) is 4.74. The number of ether oxygens (including phenoxy) is 1. The van der Waals surface area contributed by atoms with Crippen LogP contribution >= 0.6 is 0 Å². The molecular formula is C12H20N2O5. The summed E-state index contributed by atoms with van der Waals surface area (Å²) in [6.07, 6.45) is 0.691. The number of rotatable bonds is 5. The van der Waals surface area contributed by atoms with E-state index >= 15 is 0 Å². The van der Waals surface area contributed by atoms with E-state index in [0.717, 1.165) is 12.8 Å². The van der Waals surface area contributed by atoms with Gasteiger partial charge in [0, 0.05) is 6.04 Å². The average molecular weight is 272 g/mol. The fourth-order valence-electron chi connectivity index (χ4n) is 1.35. The Balaban J connectivity index is 2.45. The number of carboxylic acid groups (broad SMARTS) is 1. The number of carbonyl (C=O) groups excluding carboxylic acids is 2. The fourth-order valence-corrected chi connectivity index (χ4v) is 1.35.